The first-order valence-corrected chi connectivity index (χ1v) is 11.2. The summed E-state index contributed by atoms with van der Waals surface area (Å²) in [4.78, 5) is 15.1. The topological polar surface area (TPSA) is 67.6 Å². The van der Waals surface area contributed by atoms with Crippen LogP contribution in [0.5, 0.6) is 0 Å². The highest BCUT2D eigenvalue weighted by atomic mass is 19.2. The number of hydrogen-bond acceptors (Lipinski definition) is 4. The summed E-state index contributed by atoms with van der Waals surface area (Å²) in [6.07, 6.45) is 3.76. The number of rotatable bonds is 6. The van der Waals surface area contributed by atoms with E-state index in [-0.39, 0.29) is 11.5 Å². The van der Waals surface area contributed by atoms with E-state index in [1.54, 1.807) is 24.3 Å². The van der Waals surface area contributed by atoms with E-state index in [2.05, 4.69) is 10.2 Å². The minimum atomic E-state index is -0.890. The first-order valence-electron chi connectivity index (χ1n) is 11.2. The van der Waals surface area contributed by atoms with Crippen molar-refractivity contribution < 1.29 is 18.3 Å². The molecule has 0 atom stereocenters. The molecule has 2 aromatic carbocycles. The van der Waals surface area contributed by atoms with Gasteiger partial charge in [0.25, 0.3) is 5.91 Å². The summed E-state index contributed by atoms with van der Waals surface area (Å²) in [5.74, 6) is -1.60. The van der Waals surface area contributed by atoms with Crippen LogP contribution in [-0.4, -0.2) is 38.8 Å². The van der Waals surface area contributed by atoms with E-state index >= 15 is 0 Å². The first kappa shape index (κ1) is 20.9. The highest BCUT2D eigenvalue weighted by Gasteiger charge is 2.28. The number of allylic oxidation sites excluding steroid dienone is 1. The lowest BCUT2D eigenvalue weighted by Gasteiger charge is -2.26. The van der Waals surface area contributed by atoms with E-state index in [1.807, 2.05) is 0 Å². The largest absolute Gasteiger partial charge is 0.398 e. The Hall–Kier alpha value is -2.93. The molecule has 2 aliphatic heterocycles. The fourth-order valence-corrected chi connectivity index (χ4v) is 4.40. The summed E-state index contributed by atoms with van der Waals surface area (Å²) in [7, 11) is 0. The first-order chi connectivity index (χ1) is 15.5. The molecule has 0 aromatic heterocycles. The Morgan fingerprint density at radius 2 is 1.88 bits per heavy atom. The number of anilines is 2. The summed E-state index contributed by atoms with van der Waals surface area (Å²) >= 11 is 0. The lowest BCUT2D eigenvalue weighted by molar-refractivity contribution is -0.116. The Balaban J connectivity index is 1.50. The van der Waals surface area contributed by atoms with Crippen molar-refractivity contribution in [2.75, 3.05) is 43.5 Å². The molecule has 2 heterocycles. The fourth-order valence-electron chi connectivity index (χ4n) is 4.40. The third-order valence-electron chi connectivity index (χ3n) is 6.46. The van der Waals surface area contributed by atoms with Gasteiger partial charge in [0, 0.05) is 59.7 Å². The molecule has 32 heavy (non-hydrogen) atoms. The fraction of sp³-hybridized carbons (Fsp3) is 0.400. The van der Waals surface area contributed by atoms with Crippen LogP contribution in [0, 0.1) is 17.6 Å². The van der Waals surface area contributed by atoms with Gasteiger partial charge in [-0.15, -0.1) is 0 Å². The van der Waals surface area contributed by atoms with Gasteiger partial charge in [-0.2, -0.15) is 0 Å². The van der Waals surface area contributed by atoms with Crippen molar-refractivity contribution in [3.05, 3.63) is 53.1 Å². The molecule has 0 unspecified atom stereocenters. The molecular formula is C25H27F2N3O2. The van der Waals surface area contributed by atoms with Crippen LogP contribution in [-0.2, 0) is 9.53 Å². The van der Waals surface area contributed by atoms with Gasteiger partial charge in [-0.1, -0.05) is 11.6 Å². The van der Waals surface area contributed by atoms with Crippen LogP contribution in [0.15, 0.2) is 35.9 Å². The maximum Gasteiger partial charge on any atom is 0.251 e. The van der Waals surface area contributed by atoms with Gasteiger partial charge in [0.2, 0.25) is 0 Å². The molecule has 3 aliphatic rings. The lowest BCUT2D eigenvalue weighted by atomic mass is 9.95. The van der Waals surface area contributed by atoms with E-state index in [0.717, 1.165) is 44.3 Å². The van der Waals surface area contributed by atoms with Crippen molar-refractivity contribution in [3.63, 3.8) is 0 Å². The summed E-state index contributed by atoms with van der Waals surface area (Å²) in [6.45, 7) is 3.52. The zero-order valence-corrected chi connectivity index (χ0v) is 17.9. The Morgan fingerprint density at radius 1 is 1.12 bits per heavy atom. The van der Waals surface area contributed by atoms with Crippen LogP contribution in [0.25, 0.3) is 16.7 Å². The molecular weight excluding hydrogens is 412 g/mol. The van der Waals surface area contributed by atoms with E-state index in [1.165, 1.54) is 6.07 Å². The molecule has 5 rings (SSSR count). The number of nitrogens with zero attached hydrogens (tertiary/aromatic N) is 1. The number of nitrogen functional groups attached to an aromatic ring is 1. The number of amides is 1. The molecule has 0 bridgehead atoms. The van der Waals surface area contributed by atoms with E-state index < -0.39 is 11.6 Å². The minimum Gasteiger partial charge on any atom is -0.398 e. The van der Waals surface area contributed by atoms with Crippen LogP contribution >= 0.6 is 0 Å². The Morgan fingerprint density at radius 3 is 2.53 bits per heavy atom. The molecule has 5 nitrogen and oxygen atoms in total. The van der Waals surface area contributed by atoms with Crippen LogP contribution < -0.4 is 16.0 Å². The van der Waals surface area contributed by atoms with Gasteiger partial charge < -0.3 is 20.7 Å². The maximum atomic E-state index is 14.8. The second-order valence-electron chi connectivity index (χ2n) is 8.88. The number of nitrogens with two attached hydrogens (primary N) is 1. The van der Waals surface area contributed by atoms with Crippen molar-refractivity contribution in [1.82, 2.24) is 5.32 Å². The molecule has 1 saturated carbocycles. The molecule has 168 valence electrons. The van der Waals surface area contributed by atoms with Gasteiger partial charge in [-0.05, 0) is 49.4 Å². The Bertz CT molecular complexity index is 1080. The van der Waals surface area contributed by atoms with E-state index in [9.17, 15) is 13.6 Å². The average molecular weight is 440 g/mol. The highest BCUT2D eigenvalue weighted by molar-refractivity contribution is 6.22. The normalized spacial score (nSPS) is 17.9. The van der Waals surface area contributed by atoms with E-state index in [0.29, 0.717) is 53.8 Å². The van der Waals surface area contributed by atoms with Gasteiger partial charge in [0.15, 0.2) is 11.6 Å². The predicted molar refractivity (Wildman–Crippen MR) is 121 cm³/mol. The molecule has 2 aromatic rings. The van der Waals surface area contributed by atoms with Crippen molar-refractivity contribution >= 4 is 22.9 Å². The standard InChI is InChI=1S/C25H27F2N3O2/c26-21-11-18(30-7-1-2-8-30)10-19(24(21)27)17-5-6-22(28)20(9-17)23(16-3-4-16)25(31)29-12-15-13-32-14-15/h5-6,9-11,15H,1-4,7-8,12-14,28H2,(H,29,31). The summed E-state index contributed by atoms with van der Waals surface area (Å²) in [5, 5.41) is 2.98. The number of ether oxygens (including phenoxy) is 1. The number of nitrogens with one attached hydrogen (secondary N) is 1. The predicted octanol–water partition coefficient (Wildman–Crippen LogP) is 4.12. The second kappa shape index (κ2) is 8.54. The second-order valence-corrected chi connectivity index (χ2v) is 8.88. The summed E-state index contributed by atoms with van der Waals surface area (Å²) in [6, 6.07) is 8.02. The van der Waals surface area contributed by atoms with Gasteiger partial charge in [0.1, 0.15) is 0 Å². The van der Waals surface area contributed by atoms with Gasteiger partial charge in [0.05, 0.1) is 13.2 Å². The number of benzene rings is 2. The maximum absolute atomic E-state index is 14.8. The molecule has 0 spiro atoms. The molecule has 1 amide bonds. The number of carbonyl (C=O) groups is 1. The Kier molecular flexibility index (Phi) is 5.59. The molecule has 2 saturated heterocycles. The molecule has 0 radical (unpaired) electrons. The smallest absolute Gasteiger partial charge is 0.251 e. The van der Waals surface area contributed by atoms with Crippen molar-refractivity contribution in [1.29, 1.82) is 0 Å². The van der Waals surface area contributed by atoms with Crippen molar-refractivity contribution in [2.24, 2.45) is 5.92 Å². The minimum absolute atomic E-state index is 0.175. The number of hydrogen-bond donors (Lipinski definition) is 2. The van der Waals surface area contributed by atoms with Crippen molar-refractivity contribution in [3.8, 4) is 11.1 Å². The summed E-state index contributed by atoms with van der Waals surface area (Å²) < 4.78 is 34.5. The van der Waals surface area contributed by atoms with Crippen LogP contribution in [0.4, 0.5) is 20.2 Å². The van der Waals surface area contributed by atoms with Gasteiger partial charge in [-0.3, -0.25) is 4.79 Å². The lowest BCUT2D eigenvalue weighted by Crippen LogP contribution is -2.39. The van der Waals surface area contributed by atoms with Gasteiger partial charge >= 0.3 is 0 Å². The monoisotopic (exact) mass is 439 g/mol. The molecule has 3 N–H and O–H groups in total. The number of halogens is 2. The zero-order valence-electron chi connectivity index (χ0n) is 17.9. The molecule has 7 heteroatoms. The number of carbonyl (C=O) groups excluding carboxylic acids is 1. The summed E-state index contributed by atoms with van der Waals surface area (Å²) in [5.41, 5.74) is 10.2. The van der Waals surface area contributed by atoms with Crippen LogP contribution in [0.3, 0.4) is 0 Å². The van der Waals surface area contributed by atoms with Crippen LogP contribution in [0.1, 0.15) is 31.2 Å². The average Bonchev–Trinajstić information content (AvgIpc) is 3.42. The van der Waals surface area contributed by atoms with Crippen molar-refractivity contribution in [2.45, 2.75) is 25.7 Å². The third-order valence-corrected chi connectivity index (χ3v) is 6.46. The third kappa shape index (κ3) is 4.09. The van der Waals surface area contributed by atoms with Crippen LogP contribution in [0.2, 0.25) is 0 Å². The molecule has 3 fully saturated rings. The highest BCUT2D eigenvalue weighted by Crippen LogP contribution is 2.40. The quantitative estimate of drug-likeness (QED) is 0.525. The zero-order chi connectivity index (χ0) is 22.2. The molecule has 1 aliphatic carbocycles. The van der Waals surface area contributed by atoms with Gasteiger partial charge in [-0.25, -0.2) is 8.78 Å². The Labute approximate surface area is 186 Å². The SMILES string of the molecule is Nc1ccc(-c2cc(N3CCCC3)cc(F)c2F)cc1C(C(=O)NCC1COC1)=C1CC1. The van der Waals surface area contributed by atoms with E-state index in [4.69, 9.17) is 10.5 Å².